The Bertz CT molecular complexity index is 191. The third kappa shape index (κ3) is 4.07. The highest BCUT2D eigenvalue weighted by Crippen LogP contribution is 2.26. The first-order chi connectivity index (χ1) is 6.24. The SMILES string of the molecule is C/C=C/CC(C=O)(C=CCC)CC. The molecule has 0 heterocycles. The van der Waals surface area contributed by atoms with Crippen LogP contribution in [0.4, 0.5) is 0 Å². The Kier molecular flexibility index (Phi) is 6.21. The van der Waals surface area contributed by atoms with Crippen LogP contribution in [-0.4, -0.2) is 6.29 Å². The van der Waals surface area contributed by atoms with Gasteiger partial charge >= 0.3 is 0 Å². The van der Waals surface area contributed by atoms with Crippen LogP contribution >= 0.6 is 0 Å². The molecule has 0 amide bonds. The van der Waals surface area contributed by atoms with Gasteiger partial charge < -0.3 is 4.79 Å². The maximum Gasteiger partial charge on any atom is 0.130 e. The molecule has 1 atom stereocenters. The van der Waals surface area contributed by atoms with Crippen molar-refractivity contribution in [1.29, 1.82) is 0 Å². The number of hydrogen-bond acceptors (Lipinski definition) is 1. The van der Waals surface area contributed by atoms with Crippen LogP contribution in [0.2, 0.25) is 0 Å². The minimum atomic E-state index is -0.261. The lowest BCUT2D eigenvalue weighted by Gasteiger charge is -2.20. The van der Waals surface area contributed by atoms with E-state index in [-0.39, 0.29) is 5.41 Å². The zero-order valence-corrected chi connectivity index (χ0v) is 8.92. The Morgan fingerprint density at radius 2 is 1.92 bits per heavy atom. The van der Waals surface area contributed by atoms with Gasteiger partial charge in [0.1, 0.15) is 6.29 Å². The van der Waals surface area contributed by atoms with Gasteiger partial charge in [0.2, 0.25) is 0 Å². The molecule has 0 radical (unpaired) electrons. The van der Waals surface area contributed by atoms with E-state index in [9.17, 15) is 4.79 Å². The highest BCUT2D eigenvalue weighted by Gasteiger charge is 2.21. The van der Waals surface area contributed by atoms with Crippen LogP contribution in [-0.2, 0) is 4.79 Å². The van der Waals surface area contributed by atoms with Crippen LogP contribution in [0.3, 0.4) is 0 Å². The second kappa shape index (κ2) is 6.64. The molecular weight excluding hydrogens is 160 g/mol. The topological polar surface area (TPSA) is 17.1 Å². The second-order valence-corrected chi connectivity index (χ2v) is 3.29. The summed E-state index contributed by atoms with van der Waals surface area (Å²) in [7, 11) is 0. The molecule has 1 unspecified atom stereocenters. The first-order valence-corrected chi connectivity index (χ1v) is 4.99. The molecule has 1 nitrogen and oxygen atoms in total. The van der Waals surface area contributed by atoms with Crippen molar-refractivity contribution in [2.24, 2.45) is 5.41 Å². The quantitative estimate of drug-likeness (QED) is 0.451. The van der Waals surface area contributed by atoms with Gasteiger partial charge in [0, 0.05) is 5.41 Å². The lowest BCUT2D eigenvalue weighted by molar-refractivity contribution is -0.114. The van der Waals surface area contributed by atoms with E-state index in [4.69, 9.17) is 0 Å². The first kappa shape index (κ1) is 12.2. The van der Waals surface area contributed by atoms with Gasteiger partial charge in [-0.1, -0.05) is 38.2 Å². The molecule has 0 aromatic heterocycles. The fourth-order valence-corrected chi connectivity index (χ4v) is 1.19. The summed E-state index contributed by atoms with van der Waals surface area (Å²) in [6.45, 7) is 6.12. The van der Waals surface area contributed by atoms with E-state index in [1.165, 1.54) is 0 Å². The van der Waals surface area contributed by atoms with Crippen molar-refractivity contribution in [2.75, 3.05) is 0 Å². The van der Waals surface area contributed by atoms with Gasteiger partial charge in [-0.2, -0.15) is 0 Å². The number of hydrogen-bond donors (Lipinski definition) is 0. The third-order valence-corrected chi connectivity index (χ3v) is 2.31. The standard InChI is InChI=1S/C12H20O/c1-4-7-9-12(6-3,11-13)10-8-5-2/h4,7-8,10-11H,5-6,9H2,1-3H3/b7-4+,10-8?. The van der Waals surface area contributed by atoms with Gasteiger partial charge in [0.05, 0.1) is 0 Å². The van der Waals surface area contributed by atoms with Crippen LogP contribution < -0.4 is 0 Å². The van der Waals surface area contributed by atoms with Crippen molar-refractivity contribution in [1.82, 2.24) is 0 Å². The van der Waals surface area contributed by atoms with E-state index >= 15 is 0 Å². The molecule has 0 saturated heterocycles. The molecule has 74 valence electrons. The second-order valence-electron chi connectivity index (χ2n) is 3.29. The fraction of sp³-hybridized carbons (Fsp3) is 0.583. The van der Waals surface area contributed by atoms with Crippen LogP contribution in [0.5, 0.6) is 0 Å². The summed E-state index contributed by atoms with van der Waals surface area (Å²) in [5.74, 6) is 0. The minimum Gasteiger partial charge on any atom is -0.302 e. The summed E-state index contributed by atoms with van der Waals surface area (Å²) < 4.78 is 0. The number of rotatable bonds is 6. The highest BCUT2D eigenvalue weighted by atomic mass is 16.1. The summed E-state index contributed by atoms with van der Waals surface area (Å²) in [5, 5.41) is 0. The van der Waals surface area contributed by atoms with E-state index in [1.807, 2.05) is 19.1 Å². The molecule has 0 N–H and O–H groups in total. The van der Waals surface area contributed by atoms with Crippen molar-refractivity contribution in [3.05, 3.63) is 24.3 Å². The smallest absolute Gasteiger partial charge is 0.130 e. The lowest BCUT2D eigenvalue weighted by Crippen LogP contribution is -2.17. The zero-order chi connectivity index (χ0) is 10.2. The molecule has 0 aliphatic heterocycles. The zero-order valence-electron chi connectivity index (χ0n) is 8.92. The van der Waals surface area contributed by atoms with Gasteiger partial charge in [-0.05, 0) is 26.2 Å². The fourth-order valence-electron chi connectivity index (χ4n) is 1.19. The number of allylic oxidation sites excluding steroid dienone is 4. The molecule has 0 saturated carbocycles. The minimum absolute atomic E-state index is 0.261. The summed E-state index contributed by atoms with van der Waals surface area (Å²) in [6.07, 6.45) is 11.9. The average molecular weight is 180 g/mol. The lowest BCUT2D eigenvalue weighted by atomic mass is 9.82. The predicted octanol–water partition coefficient (Wildman–Crippen LogP) is 3.51. The Morgan fingerprint density at radius 1 is 1.23 bits per heavy atom. The van der Waals surface area contributed by atoms with E-state index < -0.39 is 0 Å². The molecular formula is C12H20O. The summed E-state index contributed by atoms with van der Waals surface area (Å²) in [4.78, 5) is 11.0. The molecule has 13 heavy (non-hydrogen) atoms. The number of carbonyl (C=O) groups excluding carboxylic acids is 1. The van der Waals surface area contributed by atoms with E-state index in [1.54, 1.807) is 0 Å². The monoisotopic (exact) mass is 180 g/mol. The van der Waals surface area contributed by atoms with Crippen LogP contribution in [0, 0.1) is 5.41 Å². The normalized spacial score (nSPS) is 16.5. The molecule has 1 heteroatoms. The van der Waals surface area contributed by atoms with Gasteiger partial charge in [-0.25, -0.2) is 0 Å². The Morgan fingerprint density at radius 3 is 2.31 bits per heavy atom. The van der Waals surface area contributed by atoms with Crippen LogP contribution in [0.15, 0.2) is 24.3 Å². The van der Waals surface area contributed by atoms with E-state index in [0.29, 0.717) is 0 Å². The Hall–Kier alpha value is -0.850. The summed E-state index contributed by atoms with van der Waals surface area (Å²) in [6, 6.07) is 0. The van der Waals surface area contributed by atoms with Crippen LogP contribution in [0.1, 0.15) is 40.0 Å². The molecule has 0 aromatic rings. The van der Waals surface area contributed by atoms with Gasteiger partial charge in [-0.3, -0.25) is 0 Å². The number of carbonyl (C=O) groups is 1. The average Bonchev–Trinajstić information content (AvgIpc) is 2.20. The molecule has 0 rings (SSSR count). The summed E-state index contributed by atoms with van der Waals surface area (Å²) in [5.41, 5.74) is -0.261. The van der Waals surface area contributed by atoms with Crippen molar-refractivity contribution >= 4 is 6.29 Å². The Balaban J connectivity index is 4.48. The molecule has 0 aliphatic rings. The predicted molar refractivity (Wildman–Crippen MR) is 57.7 cm³/mol. The van der Waals surface area contributed by atoms with Crippen molar-refractivity contribution < 1.29 is 4.79 Å². The molecule has 0 aliphatic carbocycles. The van der Waals surface area contributed by atoms with Crippen molar-refractivity contribution in [3.63, 3.8) is 0 Å². The van der Waals surface area contributed by atoms with Gasteiger partial charge in [0.25, 0.3) is 0 Å². The molecule has 0 spiro atoms. The number of aldehydes is 1. The largest absolute Gasteiger partial charge is 0.302 e. The van der Waals surface area contributed by atoms with E-state index in [0.717, 1.165) is 25.5 Å². The molecule has 0 aromatic carbocycles. The van der Waals surface area contributed by atoms with Gasteiger partial charge in [-0.15, -0.1) is 0 Å². The highest BCUT2D eigenvalue weighted by molar-refractivity contribution is 5.63. The summed E-state index contributed by atoms with van der Waals surface area (Å²) >= 11 is 0. The van der Waals surface area contributed by atoms with Crippen molar-refractivity contribution in [2.45, 2.75) is 40.0 Å². The Labute approximate surface area is 81.5 Å². The maximum atomic E-state index is 11.0. The molecule has 0 fully saturated rings. The molecule has 0 bridgehead atoms. The maximum absolute atomic E-state index is 11.0. The third-order valence-electron chi connectivity index (χ3n) is 2.31. The van der Waals surface area contributed by atoms with Crippen LogP contribution in [0.25, 0.3) is 0 Å². The van der Waals surface area contributed by atoms with E-state index in [2.05, 4.69) is 26.0 Å². The van der Waals surface area contributed by atoms with Gasteiger partial charge in [0.15, 0.2) is 0 Å². The first-order valence-electron chi connectivity index (χ1n) is 4.99. The van der Waals surface area contributed by atoms with Crippen molar-refractivity contribution in [3.8, 4) is 0 Å².